The maximum atomic E-state index is 13.7. The second-order valence-corrected chi connectivity index (χ2v) is 11.7. The van der Waals surface area contributed by atoms with Gasteiger partial charge in [0.2, 0.25) is 11.8 Å². The molecular weight excluding hydrogens is 544 g/mol. The highest BCUT2D eigenvalue weighted by Gasteiger charge is 2.32. The van der Waals surface area contributed by atoms with Crippen LogP contribution in [0.15, 0.2) is 88.2 Å². The van der Waals surface area contributed by atoms with Crippen molar-refractivity contribution in [2.24, 2.45) is 0 Å². The molecule has 0 heterocycles. The lowest BCUT2D eigenvalue weighted by Crippen LogP contribution is -2.54. The molecule has 184 valence electrons. The first-order valence-electron chi connectivity index (χ1n) is 11.4. The lowest BCUT2D eigenvalue weighted by molar-refractivity contribution is -0.140. The van der Waals surface area contributed by atoms with Crippen molar-refractivity contribution < 1.29 is 9.59 Å². The van der Waals surface area contributed by atoms with Crippen LogP contribution in [0.5, 0.6) is 0 Å². The fourth-order valence-corrected chi connectivity index (χ4v) is 4.95. The molecule has 35 heavy (non-hydrogen) atoms. The largest absolute Gasteiger partial charge is 0.350 e. The zero-order valence-electron chi connectivity index (χ0n) is 20.1. The molecule has 0 bridgehead atoms. The van der Waals surface area contributed by atoms with Crippen molar-refractivity contribution in [2.45, 2.75) is 50.2 Å². The van der Waals surface area contributed by atoms with Crippen LogP contribution in [0.4, 0.5) is 0 Å². The van der Waals surface area contributed by atoms with E-state index in [0.717, 1.165) is 20.5 Å². The van der Waals surface area contributed by atoms with Crippen molar-refractivity contribution in [3.63, 3.8) is 0 Å². The normalized spacial score (nSPS) is 12.1. The van der Waals surface area contributed by atoms with Crippen molar-refractivity contribution >= 4 is 51.1 Å². The Balaban J connectivity index is 1.92. The molecule has 0 aromatic heterocycles. The quantitative estimate of drug-likeness (QED) is 0.288. The summed E-state index contributed by atoms with van der Waals surface area (Å²) in [5.41, 5.74) is 1.53. The summed E-state index contributed by atoms with van der Waals surface area (Å²) >= 11 is 11.0. The summed E-state index contributed by atoms with van der Waals surface area (Å²) in [5.74, 6) is -0.0555. The minimum Gasteiger partial charge on any atom is -0.350 e. The van der Waals surface area contributed by atoms with E-state index in [4.69, 9.17) is 11.6 Å². The molecule has 0 aliphatic rings. The number of nitrogens with zero attached hydrogens (tertiary/aromatic N) is 1. The Kier molecular flexibility index (Phi) is 9.84. The van der Waals surface area contributed by atoms with Crippen LogP contribution in [0.25, 0.3) is 0 Å². The van der Waals surface area contributed by atoms with Gasteiger partial charge in [-0.3, -0.25) is 9.59 Å². The molecule has 0 aliphatic carbocycles. The average Bonchev–Trinajstić information content (AvgIpc) is 2.80. The van der Waals surface area contributed by atoms with Crippen molar-refractivity contribution in [3.8, 4) is 0 Å². The van der Waals surface area contributed by atoms with Gasteiger partial charge >= 0.3 is 0 Å². The molecular formula is C28H30BrClN2O2S. The Hall–Kier alpha value is -2.28. The van der Waals surface area contributed by atoms with Crippen LogP contribution in [0, 0.1) is 0 Å². The first kappa shape index (κ1) is 27.3. The van der Waals surface area contributed by atoms with Crippen molar-refractivity contribution in [1.29, 1.82) is 0 Å². The van der Waals surface area contributed by atoms with Crippen molar-refractivity contribution in [3.05, 3.63) is 99.5 Å². The second-order valence-electron chi connectivity index (χ2n) is 9.34. The summed E-state index contributed by atoms with van der Waals surface area (Å²) < 4.78 is 0.927. The number of hydrogen-bond acceptors (Lipinski definition) is 3. The Morgan fingerprint density at radius 1 is 0.971 bits per heavy atom. The standard InChI is InChI=1S/C28H30BrClN2O2S/c1-28(2,3)31-27(34)25(17-20-8-5-4-6-9-20)32(18-21-10-7-11-22(29)16-21)26(33)19-35-24-14-12-23(30)13-15-24/h4-16,25H,17-19H2,1-3H3,(H,31,34). The molecule has 0 radical (unpaired) electrons. The number of hydrogen-bond donors (Lipinski definition) is 1. The highest BCUT2D eigenvalue weighted by molar-refractivity contribution is 9.10. The van der Waals surface area contributed by atoms with E-state index in [1.807, 2.05) is 99.6 Å². The molecule has 0 spiro atoms. The van der Waals surface area contributed by atoms with Gasteiger partial charge in [0.1, 0.15) is 6.04 Å². The third-order valence-corrected chi connectivity index (χ3v) is 6.93. The first-order chi connectivity index (χ1) is 16.6. The molecule has 3 aromatic carbocycles. The van der Waals surface area contributed by atoms with Gasteiger partial charge in [0, 0.05) is 32.9 Å². The molecule has 1 unspecified atom stereocenters. The number of nitrogens with one attached hydrogen (secondary N) is 1. The Morgan fingerprint density at radius 3 is 2.26 bits per heavy atom. The van der Waals surface area contributed by atoms with Gasteiger partial charge in [-0.1, -0.05) is 70.0 Å². The molecule has 1 atom stereocenters. The van der Waals surface area contributed by atoms with E-state index >= 15 is 0 Å². The van der Waals surface area contributed by atoms with Gasteiger partial charge in [-0.2, -0.15) is 0 Å². The summed E-state index contributed by atoms with van der Waals surface area (Å²) in [4.78, 5) is 29.9. The summed E-state index contributed by atoms with van der Waals surface area (Å²) in [6.07, 6.45) is 0.425. The Bertz CT molecular complexity index is 1130. The number of benzene rings is 3. The molecule has 7 heteroatoms. The molecule has 0 fully saturated rings. The highest BCUT2D eigenvalue weighted by atomic mass is 79.9. The maximum Gasteiger partial charge on any atom is 0.243 e. The third-order valence-electron chi connectivity index (χ3n) is 5.19. The molecule has 3 aromatic rings. The van der Waals surface area contributed by atoms with E-state index < -0.39 is 11.6 Å². The Morgan fingerprint density at radius 2 is 1.63 bits per heavy atom. The zero-order valence-corrected chi connectivity index (χ0v) is 23.3. The predicted octanol–water partition coefficient (Wildman–Crippen LogP) is 6.75. The number of halogens is 2. The van der Waals surface area contributed by atoms with Gasteiger partial charge in [0.15, 0.2) is 0 Å². The van der Waals surface area contributed by atoms with Gasteiger partial charge in [0.05, 0.1) is 5.75 Å². The van der Waals surface area contributed by atoms with Crippen molar-refractivity contribution in [2.75, 3.05) is 5.75 Å². The van der Waals surface area contributed by atoms with Gasteiger partial charge in [-0.25, -0.2) is 0 Å². The third kappa shape index (κ3) is 9.02. The van der Waals surface area contributed by atoms with Gasteiger partial charge in [-0.15, -0.1) is 11.8 Å². The predicted molar refractivity (Wildman–Crippen MR) is 149 cm³/mol. The van der Waals surface area contributed by atoms with Crippen LogP contribution < -0.4 is 5.32 Å². The zero-order chi connectivity index (χ0) is 25.4. The minimum absolute atomic E-state index is 0.102. The summed E-state index contributed by atoms with van der Waals surface area (Å²) in [5, 5.41) is 3.74. The lowest BCUT2D eigenvalue weighted by Gasteiger charge is -2.34. The number of amides is 2. The van der Waals surface area contributed by atoms with Crippen LogP contribution in [0.3, 0.4) is 0 Å². The molecule has 4 nitrogen and oxygen atoms in total. The maximum absolute atomic E-state index is 13.7. The smallest absolute Gasteiger partial charge is 0.243 e. The second kappa shape index (κ2) is 12.6. The monoisotopic (exact) mass is 572 g/mol. The van der Waals surface area contributed by atoms with Crippen molar-refractivity contribution in [1.82, 2.24) is 10.2 Å². The number of carbonyl (C=O) groups excluding carboxylic acids is 2. The van der Waals surface area contributed by atoms with E-state index in [0.29, 0.717) is 18.0 Å². The summed E-state index contributed by atoms with van der Waals surface area (Å²) in [6.45, 7) is 6.17. The van der Waals surface area contributed by atoms with Crippen LogP contribution in [0.1, 0.15) is 31.9 Å². The van der Waals surface area contributed by atoms with E-state index in [-0.39, 0.29) is 17.6 Å². The molecule has 1 N–H and O–H groups in total. The Labute approximate surface area is 225 Å². The lowest BCUT2D eigenvalue weighted by atomic mass is 10.0. The van der Waals surface area contributed by atoms with E-state index in [1.54, 1.807) is 4.90 Å². The SMILES string of the molecule is CC(C)(C)NC(=O)C(Cc1ccccc1)N(Cc1cccc(Br)c1)C(=O)CSc1ccc(Cl)cc1. The fraction of sp³-hybridized carbons (Fsp3) is 0.286. The molecule has 3 rings (SSSR count). The van der Waals surface area contributed by atoms with Crippen LogP contribution in [-0.4, -0.2) is 34.0 Å². The number of carbonyl (C=O) groups is 2. The molecule has 0 aliphatic heterocycles. The minimum atomic E-state index is -0.658. The first-order valence-corrected chi connectivity index (χ1v) is 13.5. The van der Waals surface area contributed by atoms with Gasteiger partial charge < -0.3 is 10.2 Å². The van der Waals surface area contributed by atoms with Crippen LogP contribution in [0.2, 0.25) is 5.02 Å². The van der Waals surface area contributed by atoms with Crippen LogP contribution in [-0.2, 0) is 22.6 Å². The topological polar surface area (TPSA) is 49.4 Å². The highest BCUT2D eigenvalue weighted by Crippen LogP contribution is 2.23. The van der Waals surface area contributed by atoms with E-state index in [1.165, 1.54) is 11.8 Å². The molecule has 0 saturated heterocycles. The summed E-state index contributed by atoms with van der Waals surface area (Å²) in [7, 11) is 0. The number of thioether (sulfide) groups is 1. The van der Waals surface area contributed by atoms with Gasteiger partial charge in [0.25, 0.3) is 0 Å². The van der Waals surface area contributed by atoms with Gasteiger partial charge in [-0.05, 0) is 68.3 Å². The summed E-state index contributed by atoms with van der Waals surface area (Å²) in [6, 6.07) is 24.4. The average molecular weight is 574 g/mol. The van der Waals surface area contributed by atoms with E-state index in [9.17, 15) is 9.59 Å². The van der Waals surface area contributed by atoms with E-state index in [2.05, 4.69) is 21.2 Å². The molecule has 0 saturated carbocycles. The number of rotatable bonds is 9. The molecule has 2 amide bonds. The van der Waals surface area contributed by atoms with Crippen LogP contribution >= 0.6 is 39.3 Å². The fourth-order valence-electron chi connectivity index (χ4n) is 3.60.